The van der Waals surface area contributed by atoms with Crippen molar-refractivity contribution in [2.45, 2.75) is 197 Å². The molecule has 0 spiro atoms. The molecule has 17 unspecified atom stereocenters. The van der Waals surface area contributed by atoms with Gasteiger partial charge in [0.05, 0.1) is 48.3 Å². The zero-order valence-corrected chi connectivity index (χ0v) is 32.6. The summed E-state index contributed by atoms with van der Waals surface area (Å²) in [6.45, 7) is 10.4. The summed E-state index contributed by atoms with van der Waals surface area (Å²) in [5, 5.41) is 55.0. The molecular weight excluding hydrogens is 700 g/mol. The first-order valence-corrected chi connectivity index (χ1v) is 20.8. The van der Waals surface area contributed by atoms with Gasteiger partial charge in [-0.1, -0.05) is 13.8 Å². The lowest BCUT2D eigenvalue weighted by Gasteiger charge is -2.64. The summed E-state index contributed by atoms with van der Waals surface area (Å²) in [6.07, 6.45) is 1.90. The number of cyclic esters (lactones) is 1. The minimum atomic E-state index is -0.996. The van der Waals surface area contributed by atoms with E-state index in [1.54, 1.807) is 19.9 Å². The predicted octanol–water partition coefficient (Wildman–Crippen LogP) is 3.25. The largest absolute Gasteiger partial charge is 0.458 e. The molecular formula is C41H64O13. The molecule has 0 amide bonds. The average molecular weight is 765 g/mol. The number of carbonyl (C=O) groups excluding carboxylic acids is 1. The Labute approximate surface area is 319 Å². The van der Waals surface area contributed by atoms with E-state index in [1.165, 1.54) is 0 Å². The average Bonchev–Trinajstić information content (AvgIpc) is 3.66. The first-order chi connectivity index (χ1) is 25.6. The standard InChI is InChI=1S/C41H64O13/c1-20-36(46)29(42)16-34(49-20)53-38-22(3)51-35(18-31(38)44)54-37-21(2)50-33(17-30(37)43)52-25-8-11-39(4)24(15-25)6-7-28-27(39)9-12-40(5)26(10-13-41(28,40)47)23-14-32(45)48-19-23/h14,20-22,24-31,33-38,42-44,46-47H,6-13,15-19H2,1-5H3/t20?,21?,22?,24?,25?,26?,27?,28?,29?,30?,31?,33?,34?,35?,36?,37?,38?,39-,40+,41-/m0/s1. The van der Waals surface area contributed by atoms with E-state index in [0.717, 1.165) is 63.4 Å². The van der Waals surface area contributed by atoms with Gasteiger partial charge in [-0.25, -0.2) is 4.79 Å². The third-order valence-electron chi connectivity index (χ3n) is 15.9. The highest BCUT2D eigenvalue weighted by Crippen LogP contribution is 2.70. The molecule has 0 aromatic heterocycles. The fourth-order valence-electron chi connectivity index (χ4n) is 12.8. The Morgan fingerprint density at radius 1 is 0.685 bits per heavy atom. The van der Waals surface area contributed by atoms with Crippen molar-refractivity contribution in [2.75, 3.05) is 6.61 Å². The zero-order valence-electron chi connectivity index (χ0n) is 32.6. The topological polar surface area (TPSA) is 183 Å². The van der Waals surface area contributed by atoms with Crippen LogP contribution in [0, 0.1) is 34.5 Å². The normalized spacial score (nSPS) is 55.0. The van der Waals surface area contributed by atoms with Crippen LogP contribution >= 0.6 is 0 Å². The van der Waals surface area contributed by atoms with E-state index in [0.29, 0.717) is 18.4 Å². The second-order valence-corrected chi connectivity index (χ2v) is 18.7. The second-order valence-electron chi connectivity index (χ2n) is 18.7. The number of esters is 1. The molecule has 8 rings (SSSR count). The maximum Gasteiger partial charge on any atom is 0.331 e. The van der Waals surface area contributed by atoms with E-state index in [2.05, 4.69) is 13.8 Å². The van der Waals surface area contributed by atoms with Crippen molar-refractivity contribution in [3.05, 3.63) is 11.6 Å². The third-order valence-corrected chi connectivity index (χ3v) is 15.9. The lowest BCUT2D eigenvalue weighted by molar-refractivity contribution is -0.336. The van der Waals surface area contributed by atoms with Gasteiger partial charge >= 0.3 is 5.97 Å². The molecule has 13 nitrogen and oxygen atoms in total. The van der Waals surface area contributed by atoms with Crippen molar-refractivity contribution in [3.63, 3.8) is 0 Å². The maximum atomic E-state index is 12.6. The Morgan fingerprint density at radius 3 is 1.89 bits per heavy atom. The number of aliphatic hydroxyl groups excluding tert-OH is 4. The number of carbonyl (C=O) groups is 1. The summed E-state index contributed by atoms with van der Waals surface area (Å²) in [7, 11) is 0. The SMILES string of the molecule is CC1OC(OC2C(O)CC(OC3C(O)CC(OC4CC[C@@]5(C)C(CCC6C5CC[C@]5(C)C(C7=CC(=O)OC7)CC[C@]65O)C4)OC3C)OC2C)CC(O)C1O. The van der Waals surface area contributed by atoms with E-state index >= 15 is 0 Å². The minimum Gasteiger partial charge on any atom is -0.458 e. The predicted molar refractivity (Wildman–Crippen MR) is 191 cm³/mol. The highest BCUT2D eigenvalue weighted by molar-refractivity contribution is 5.85. The number of aliphatic hydroxyl groups is 5. The van der Waals surface area contributed by atoms with Gasteiger partial charge in [0, 0.05) is 30.8 Å². The summed E-state index contributed by atoms with van der Waals surface area (Å²) in [6, 6.07) is 0. The first kappa shape index (κ1) is 39.6. The molecule has 3 saturated heterocycles. The van der Waals surface area contributed by atoms with Gasteiger partial charge in [-0.05, 0) is 113 Å². The number of hydrogen-bond donors (Lipinski definition) is 5. The molecule has 0 aromatic carbocycles. The molecule has 4 aliphatic heterocycles. The molecule has 4 saturated carbocycles. The van der Waals surface area contributed by atoms with Gasteiger partial charge in [-0.15, -0.1) is 0 Å². The van der Waals surface area contributed by atoms with Crippen molar-refractivity contribution in [3.8, 4) is 0 Å². The fraction of sp³-hybridized carbons (Fsp3) is 0.927. The van der Waals surface area contributed by atoms with Crippen LogP contribution in [-0.4, -0.2) is 124 Å². The first-order valence-electron chi connectivity index (χ1n) is 20.8. The van der Waals surface area contributed by atoms with Gasteiger partial charge in [0.2, 0.25) is 0 Å². The molecule has 0 radical (unpaired) electrons. The third kappa shape index (κ3) is 6.82. The summed E-state index contributed by atoms with van der Waals surface area (Å²) in [4.78, 5) is 11.9. The second kappa shape index (κ2) is 14.9. The van der Waals surface area contributed by atoms with Crippen molar-refractivity contribution in [2.24, 2.45) is 34.5 Å². The highest BCUT2D eigenvalue weighted by Gasteiger charge is 2.68. The Morgan fingerprint density at radius 2 is 1.30 bits per heavy atom. The van der Waals surface area contributed by atoms with Gasteiger partial charge in [-0.3, -0.25) is 0 Å². The summed E-state index contributed by atoms with van der Waals surface area (Å²) >= 11 is 0. The molecule has 4 heterocycles. The van der Waals surface area contributed by atoms with Gasteiger partial charge in [0.15, 0.2) is 18.9 Å². The van der Waals surface area contributed by atoms with E-state index in [4.69, 9.17) is 33.2 Å². The van der Waals surface area contributed by atoms with E-state index < -0.39 is 79.4 Å². The molecule has 0 bridgehead atoms. The van der Waals surface area contributed by atoms with Crippen LogP contribution in [0.2, 0.25) is 0 Å². The molecule has 8 aliphatic rings. The van der Waals surface area contributed by atoms with Crippen LogP contribution in [0.4, 0.5) is 0 Å². The maximum absolute atomic E-state index is 12.6. The van der Waals surface area contributed by atoms with Gasteiger partial charge in [0.25, 0.3) is 0 Å². The van der Waals surface area contributed by atoms with Crippen molar-refractivity contribution in [1.29, 1.82) is 0 Å². The smallest absolute Gasteiger partial charge is 0.331 e. The molecule has 0 aromatic rings. The summed E-state index contributed by atoms with van der Waals surface area (Å²) < 4.78 is 42.2. The zero-order chi connectivity index (χ0) is 38.3. The fourth-order valence-corrected chi connectivity index (χ4v) is 12.8. The van der Waals surface area contributed by atoms with Crippen LogP contribution < -0.4 is 0 Å². The van der Waals surface area contributed by atoms with Crippen molar-refractivity contribution < 1.29 is 63.5 Å². The quantitative estimate of drug-likeness (QED) is 0.188. The van der Waals surface area contributed by atoms with Crippen LogP contribution in [0.3, 0.4) is 0 Å². The lowest BCUT2D eigenvalue weighted by atomic mass is 9.43. The Kier molecular flexibility index (Phi) is 10.9. The number of ether oxygens (including phenoxy) is 7. The van der Waals surface area contributed by atoms with Crippen LogP contribution in [0.1, 0.15) is 112 Å². The molecule has 7 fully saturated rings. The van der Waals surface area contributed by atoms with Crippen molar-refractivity contribution in [1.82, 2.24) is 0 Å². The lowest BCUT2D eigenvalue weighted by Crippen LogP contribution is -2.62. The minimum absolute atomic E-state index is 0.0243. The Hall–Kier alpha value is -1.23. The summed E-state index contributed by atoms with van der Waals surface area (Å²) in [5.74, 6) is 1.13. The van der Waals surface area contributed by atoms with Crippen LogP contribution in [-0.2, 0) is 38.0 Å². The van der Waals surface area contributed by atoms with E-state index in [1.807, 2.05) is 6.92 Å². The van der Waals surface area contributed by atoms with Gasteiger partial charge in [0.1, 0.15) is 24.9 Å². The van der Waals surface area contributed by atoms with E-state index in [-0.39, 0.29) is 54.0 Å². The Balaban J connectivity index is 0.826. The van der Waals surface area contributed by atoms with E-state index in [9.17, 15) is 30.3 Å². The van der Waals surface area contributed by atoms with Gasteiger partial charge in [-0.2, -0.15) is 0 Å². The monoisotopic (exact) mass is 764 g/mol. The number of fused-ring (bicyclic) bond motifs is 5. The molecule has 54 heavy (non-hydrogen) atoms. The molecule has 13 heteroatoms. The molecule has 5 N–H and O–H groups in total. The Bertz CT molecular complexity index is 1370. The van der Waals surface area contributed by atoms with Crippen molar-refractivity contribution >= 4 is 5.97 Å². The highest BCUT2D eigenvalue weighted by atomic mass is 16.7. The molecule has 20 atom stereocenters. The number of hydrogen-bond acceptors (Lipinski definition) is 13. The van der Waals surface area contributed by atoms with Crippen LogP contribution in [0.15, 0.2) is 11.6 Å². The summed E-state index contributed by atoms with van der Waals surface area (Å²) in [5.41, 5.74) is 0.215. The molecule has 4 aliphatic carbocycles. The van der Waals surface area contributed by atoms with Crippen LogP contribution in [0.5, 0.6) is 0 Å². The number of rotatable bonds is 7. The molecule has 306 valence electrons. The van der Waals surface area contributed by atoms with Gasteiger partial charge < -0.3 is 58.7 Å². The van der Waals surface area contributed by atoms with Crippen LogP contribution in [0.25, 0.3) is 0 Å².